The van der Waals surface area contributed by atoms with Crippen LogP contribution in [0.1, 0.15) is 0 Å². The third kappa shape index (κ3) is 4.54. The molecule has 0 fully saturated rings. The van der Waals surface area contributed by atoms with E-state index in [9.17, 15) is 4.79 Å². The van der Waals surface area contributed by atoms with Crippen molar-refractivity contribution in [3.8, 4) is 45.3 Å². The van der Waals surface area contributed by atoms with Gasteiger partial charge in [0.2, 0.25) is 0 Å². The van der Waals surface area contributed by atoms with Crippen LogP contribution in [0, 0.1) is 0 Å². The number of fused-ring (bicyclic) bond motifs is 7. The number of para-hydroxylation sites is 2. The van der Waals surface area contributed by atoms with Crippen LogP contribution in [-0.4, -0.2) is 24.3 Å². The molecule has 0 saturated heterocycles. The molecule has 9 aromatic rings. The average Bonchev–Trinajstić information content (AvgIpc) is 3.15. The van der Waals surface area contributed by atoms with Crippen LogP contribution in [0.3, 0.4) is 0 Å². The third-order valence-corrected chi connectivity index (χ3v) is 8.61. The van der Waals surface area contributed by atoms with E-state index in [0.717, 1.165) is 61.1 Å². The largest absolute Gasteiger partial charge is 0.268 e. The first-order chi connectivity index (χ1) is 23.2. The third-order valence-electron chi connectivity index (χ3n) is 8.61. The Hall–Kier alpha value is -6.53. The van der Waals surface area contributed by atoms with Gasteiger partial charge in [-0.2, -0.15) is 0 Å². The summed E-state index contributed by atoms with van der Waals surface area (Å²) < 4.78 is 1.74. The normalized spacial score (nSPS) is 11.5. The number of nitrogens with zero attached hydrogens (tertiary/aromatic N) is 5. The van der Waals surface area contributed by atoms with Gasteiger partial charge in [-0.15, -0.1) is 0 Å². The van der Waals surface area contributed by atoms with Crippen LogP contribution in [-0.2, 0) is 0 Å². The van der Waals surface area contributed by atoms with Crippen LogP contribution < -0.4 is 5.56 Å². The molecule has 6 nitrogen and oxygen atoms in total. The number of pyridine rings is 2. The molecule has 0 N–H and O–H groups in total. The number of benzene rings is 5. The van der Waals surface area contributed by atoms with Gasteiger partial charge in [-0.25, -0.2) is 19.9 Å². The van der Waals surface area contributed by atoms with Crippen LogP contribution in [0.4, 0.5) is 0 Å². The highest BCUT2D eigenvalue weighted by Gasteiger charge is 2.16. The van der Waals surface area contributed by atoms with Gasteiger partial charge in [0.15, 0.2) is 5.82 Å². The summed E-state index contributed by atoms with van der Waals surface area (Å²) in [6.45, 7) is 0. The van der Waals surface area contributed by atoms with E-state index in [0.29, 0.717) is 22.4 Å². The highest BCUT2D eigenvalue weighted by molar-refractivity contribution is 6.13. The predicted molar refractivity (Wildman–Crippen MR) is 189 cm³/mol. The van der Waals surface area contributed by atoms with Gasteiger partial charge < -0.3 is 0 Å². The monoisotopic (exact) mass is 603 g/mol. The highest BCUT2D eigenvalue weighted by atomic mass is 16.1. The van der Waals surface area contributed by atoms with E-state index in [1.807, 2.05) is 115 Å². The molecule has 4 heterocycles. The van der Waals surface area contributed by atoms with E-state index in [2.05, 4.69) is 36.4 Å². The Balaban J connectivity index is 1.25. The van der Waals surface area contributed by atoms with Gasteiger partial charge in [0, 0.05) is 27.5 Å². The fraction of sp³-hybridized carbons (Fsp3) is 0. The van der Waals surface area contributed by atoms with Crippen molar-refractivity contribution in [2.75, 3.05) is 0 Å². The Bertz CT molecular complexity index is 2650. The zero-order valence-electron chi connectivity index (χ0n) is 25.1. The molecular formula is C41H25N5O. The van der Waals surface area contributed by atoms with E-state index in [-0.39, 0.29) is 5.56 Å². The molecule has 220 valence electrons. The average molecular weight is 604 g/mol. The van der Waals surface area contributed by atoms with Crippen LogP contribution in [0.25, 0.3) is 83.5 Å². The number of aromatic nitrogens is 5. The lowest BCUT2D eigenvalue weighted by Gasteiger charge is -2.13. The number of hydrogen-bond acceptors (Lipinski definition) is 5. The molecule has 9 rings (SSSR count). The SMILES string of the molecule is O=c1c2ccccc2nc2c3cc(-c4cccc(-c5cc(-c6ccccc6)nc(-c6ccccc6)n5)n4)ccc3c3ccccc3n12. The molecule has 0 aliphatic rings. The molecule has 6 heteroatoms. The van der Waals surface area contributed by atoms with E-state index in [4.69, 9.17) is 19.9 Å². The summed E-state index contributed by atoms with van der Waals surface area (Å²) in [7, 11) is 0. The topological polar surface area (TPSA) is 73.0 Å². The molecule has 0 radical (unpaired) electrons. The number of rotatable bonds is 4. The van der Waals surface area contributed by atoms with E-state index < -0.39 is 0 Å². The lowest BCUT2D eigenvalue weighted by Crippen LogP contribution is -2.16. The second-order valence-electron chi connectivity index (χ2n) is 11.5. The van der Waals surface area contributed by atoms with Gasteiger partial charge >= 0.3 is 0 Å². The maximum Gasteiger partial charge on any atom is 0.266 e. The molecule has 0 atom stereocenters. The summed E-state index contributed by atoms with van der Waals surface area (Å²) in [6, 6.07) is 49.9. The number of hydrogen-bond donors (Lipinski definition) is 0. The lowest BCUT2D eigenvalue weighted by molar-refractivity contribution is 1.14. The Morgan fingerprint density at radius 2 is 1.09 bits per heavy atom. The van der Waals surface area contributed by atoms with Crippen LogP contribution >= 0.6 is 0 Å². The van der Waals surface area contributed by atoms with Crippen molar-refractivity contribution >= 4 is 38.2 Å². The first kappa shape index (κ1) is 26.8. The molecule has 0 aliphatic carbocycles. The summed E-state index contributed by atoms with van der Waals surface area (Å²) in [5.41, 5.74) is 8.00. The van der Waals surface area contributed by atoms with Crippen molar-refractivity contribution in [3.63, 3.8) is 0 Å². The zero-order chi connectivity index (χ0) is 31.3. The molecule has 5 aromatic carbocycles. The van der Waals surface area contributed by atoms with E-state index >= 15 is 0 Å². The maximum atomic E-state index is 13.9. The first-order valence-electron chi connectivity index (χ1n) is 15.4. The van der Waals surface area contributed by atoms with Gasteiger partial charge in [0.25, 0.3) is 5.56 Å². The van der Waals surface area contributed by atoms with Gasteiger partial charge in [-0.1, -0.05) is 109 Å². The smallest absolute Gasteiger partial charge is 0.266 e. The molecule has 0 bridgehead atoms. The maximum absolute atomic E-state index is 13.9. The molecular weight excluding hydrogens is 578 g/mol. The fourth-order valence-corrected chi connectivity index (χ4v) is 6.35. The molecule has 0 aliphatic heterocycles. The summed E-state index contributed by atoms with van der Waals surface area (Å²) in [4.78, 5) is 33.9. The lowest BCUT2D eigenvalue weighted by atomic mass is 10.0. The Morgan fingerprint density at radius 1 is 0.404 bits per heavy atom. The quantitative estimate of drug-likeness (QED) is 0.148. The Morgan fingerprint density at radius 3 is 1.91 bits per heavy atom. The van der Waals surface area contributed by atoms with Gasteiger partial charge in [0.05, 0.1) is 39.2 Å². The molecule has 0 spiro atoms. The summed E-state index contributed by atoms with van der Waals surface area (Å²) in [6.07, 6.45) is 0. The summed E-state index contributed by atoms with van der Waals surface area (Å²) in [5, 5.41) is 3.49. The van der Waals surface area contributed by atoms with E-state index in [1.165, 1.54) is 0 Å². The molecule has 0 unspecified atom stereocenters. The fourth-order valence-electron chi connectivity index (χ4n) is 6.35. The standard InChI is InChI=1S/C41H25N5O/c47-41-31-17-7-9-18-34(31)45-40-32-24-28(22-23-29(32)30-16-8-10-21-38(30)46(40)41)33-19-11-20-35(42-33)37-25-36(26-12-3-1-4-13-26)43-39(44-37)27-14-5-2-6-15-27/h1-25H. The van der Waals surface area contributed by atoms with Crippen molar-refractivity contribution in [3.05, 3.63) is 162 Å². The van der Waals surface area contributed by atoms with Crippen molar-refractivity contribution in [1.29, 1.82) is 0 Å². The van der Waals surface area contributed by atoms with E-state index in [1.54, 1.807) is 4.40 Å². The second kappa shape index (κ2) is 10.8. The second-order valence-corrected chi connectivity index (χ2v) is 11.5. The van der Waals surface area contributed by atoms with Crippen molar-refractivity contribution in [2.45, 2.75) is 0 Å². The van der Waals surface area contributed by atoms with Crippen LogP contribution in [0.5, 0.6) is 0 Å². The summed E-state index contributed by atoms with van der Waals surface area (Å²) in [5.74, 6) is 0.641. The van der Waals surface area contributed by atoms with Crippen molar-refractivity contribution in [2.24, 2.45) is 0 Å². The van der Waals surface area contributed by atoms with Gasteiger partial charge in [0.1, 0.15) is 5.65 Å². The highest BCUT2D eigenvalue weighted by Crippen LogP contribution is 2.33. The van der Waals surface area contributed by atoms with Crippen LogP contribution in [0.15, 0.2) is 156 Å². The first-order valence-corrected chi connectivity index (χ1v) is 15.4. The molecule has 47 heavy (non-hydrogen) atoms. The van der Waals surface area contributed by atoms with Crippen LogP contribution in [0.2, 0.25) is 0 Å². The predicted octanol–water partition coefficient (Wildman–Crippen LogP) is 9.01. The minimum absolute atomic E-state index is 0.0820. The van der Waals surface area contributed by atoms with Crippen molar-refractivity contribution in [1.82, 2.24) is 24.3 Å². The van der Waals surface area contributed by atoms with Gasteiger partial charge in [-0.05, 0) is 47.9 Å². The Labute approximate surface area is 269 Å². The Kier molecular flexibility index (Phi) is 6.18. The molecule has 0 amide bonds. The van der Waals surface area contributed by atoms with Gasteiger partial charge in [-0.3, -0.25) is 9.20 Å². The molecule has 4 aromatic heterocycles. The molecule has 0 saturated carbocycles. The minimum atomic E-state index is -0.0820. The summed E-state index contributed by atoms with van der Waals surface area (Å²) >= 11 is 0. The van der Waals surface area contributed by atoms with Crippen molar-refractivity contribution < 1.29 is 0 Å². The zero-order valence-corrected chi connectivity index (χ0v) is 25.1. The minimum Gasteiger partial charge on any atom is -0.268 e.